The lowest BCUT2D eigenvalue weighted by atomic mass is 10.0. The van der Waals surface area contributed by atoms with Crippen LogP contribution >= 0.6 is 0 Å². The molecule has 118 valence electrons. The molecular weight excluding hydrogens is 248 g/mol. The first-order valence-electron chi connectivity index (χ1n) is 8.20. The first kappa shape index (κ1) is 19.2. The molecule has 0 radical (unpaired) electrons. The van der Waals surface area contributed by atoms with E-state index in [1.165, 1.54) is 18.4 Å². The Morgan fingerprint density at radius 3 is 2.35 bits per heavy atom. The van der Waals surface area contributed by atoms with Crippen molar-refractivity contribution in [3.63, 3.8) is 0 Å². The van der Waals surface area contributed by atoms with Gasteiger partial charge >= 0.3 is 5.97 Å². The summed E-state index contributed by atoms with van der Waals surface area (Å²) in [7, 11) is 0. The van der Waals surface area contributed by atoms with Gasteiger partial charge in [0.15, 0.2) is 0 Å². The minimum absolute atomic E-state index is 0.0229. The molecule has 1 unspecified atom stereocenters. The zero-order chi connectivity index (χ0) is 15.4. The number of carbonyl (C=O) groups excluding carboxylic acids is 1. The molecule has 0 aromatic carbocycles. The third-order valence-corrected chi connectivity index (χ3v) is 3.50. The first-order valence-corrected chi connectivity index (χ1v) is 8.20. The van der Waals surface area contributed by atoms with Crippen LogP contribution in [0.15, 0.2) is 11.6 Å². The third-order valence-electron chi connectivity index (χ3n) is 3.50. The Hall–Kier alpha value is -0.790. The van der Waals surface area contributed by atoms with E-state index in [-0.39, 0.29) is 5.97 Å². The van der Waals surface area contributed by atoms with Crippen LogP contribution in [0.4, 0.5) is 0 Å². The summed E-state index contributed by atoms with van der Waals surface area (Å²) in [5, 5.41) is 0. The predicted molar refractivity (Wildman–Crippen MR) is 86.7 cm³/mol. The minimum atomic E-state index is -0.0229. The van der Waals surface area contributed by atoms with E-state index in [0.29, 0.717) is 18.9 Å². The number of unbranched alkanes of at least 4 members (excludes halogenated alkanes) is 1. The van der Waals surface area contributed by atoms with Gasteiger partial charge in [-0.05, 0) is 51.4 Å². The summed E-state index contributed by atoms with van der Waals surface area (Å²) >= 11 is 0. The SMILES string of the molecule is CC(C)=CCCC(C)CCOC(=O)CCCCC(C)C. The van der Waals surface area contributed by atoms with Crippen molar-refractivity contribution in [2.24, 2.45) is 11.8 Å². The quantitative estimate of drug-likeness (QED) is 0.283. The highest BCUT2D eigenvalue weighted by Gasteiger charge is 2.06. The van der Waals surface area contributed by atoms with Crippen LogP contribution in [0.2, 0.25) is 0 Å². The van der Waals surface area contributed by atoms with Crippen molar-refractivity contribution in [1.82, 2.24) is 0 Å². The second kappa shape index (κ2) is 12.0. The highest BCUT2D eigenvalue weighted by Crippen LogP contribution is 2.13. The van der Waals surface area contributed by atoms with Crippen molar-refractivity contribution >= 4 is 5.97 Å². The van der Waals surface area contributed by atoms with E-state index in [4.69, 9.17) is 4.74 Å². The maximum Gasteiger partial charge on any atom is 0.305 e. The van der Waals surface area contributed by atoms with Crippen LogP contribution in [0.1, 0.15) is 79.6 Å². The summed E-state index contributed by atoms with van der Waals surface area (Å²) in [6.45, 7) is 11.5. The molecule has 0 spiro atoms. The van der Waals surface area contributed by atoms with E-state index in [1.54, 1.807) is 0 Å². The molecule has 0 saturated heterocycles. The number of carbonyl (C=O) groups is 1. The summed E-state index contributed by atoms with van der Waals surface area (Å²) in [6.07, 6.45) is 9.45. The van der Waals surface area contributed by atoms with Gasteiger partial charge in [-0.3, -0.25) is 4.79 Å². The topological polar surface area (TPSA) is 26.3 Å². The van der Waals surface area contributed by atoms with E-state index >= 15 is 0 Å². The van der Waals surface area contributed by atoms with E-state index in [0.717, 1.165) is 31.6 Å². The molecular formula is C18H34O2. The van der Waals surface area contributed by atoms with Gasteiger partial charge in [-0.2, -0.15) is 0 Å². The average Bonchev–Trinajstić information content (AvgIpc) is 2.34. The Bertz CT molecular complexity index is 275. The normalized spacial score (nSPS) is 12.3. The zero-order valence-corrected chi connectivity index (χ0v) is 14.2. The molecule has 0 amide bonds. The molecule has 0 aliphatic heterocycles. The van der Waals surface area contributed by atoms with Crippen LogP contribution in [-0.2, 0) is 9.53 Å². The Morgan fingerprint density at radius 2 is 1.75 bits per heavy atom. The molecule has 0 bridgehead atoms. The van der Waals surface area contributed by atoms with E-state index < -0.39 is 0 Å². The number of allylic oxidation sites excluding steroid dienone is 2. The summed E-state index contributed by atoms with van der Waals surface area (Å²) < 4.78 is 5.29. The van der Waals surface area contributed by atoms with Crippen molar-refractivity contribution in [3.8, 4) is 0 Å². The van der Waals surface area contributed by atoms with Gasteiger partial charge < -0.3 is 4.74 Å². The molecule has 0 aliphatic carbocycles. The molecule has 0 aromatic heterocycles. The molecule has 2 nitrogen and oxygen atoms in total. The molecule has 2 heteroatoms. The number of hydrogen-bond donors (Lipinski definition) is 0. The minimum Gasteiger partial charge on any atom is -0.466 e. The fourth-order valence-corrected chi connectivity index (χ4v) is 2.07. The number of hydrogen-bond acceptors (Lipinski definition) is 2. The molecule has 0 saturated carbocycles. The van der Waals surface area contributed by atoms with Crippen molar-refractivity contribution < 1.29 is 9.53 Å². The van der Waals surface area contributed by atoms with Crippen molar-refractivity contribution in [1.29, 1.82) is 0 Å². The maximum atomic E-state index is 11.5. The molecule has 1 atom stereocenters. The summed E-state index contributed by atoms with van der Waals surface area (Å²) in [4.78, 5) is 11.5. The Morgan fingerprint density at radius 1 is 1.05 bits per heavy atom. The van der Waals surface area contributed by atoms with E-state index in [2.05, 4.69) is 40.7 Å². The molecule has 20 heavy (non-hydrogen) atoms. The van der Waals surface area contributed by atoms with Crippen molar-refractivity contribution in [2.45, 2.75) is 79.6 Å². The van der Waals surface area contributed by atoms with E-state index in [1.807, 2.05) is 0 Å². The summed E-state index contributed by atoms with van der Waals surface area (Å²) in [5.74, 6) is 1.33. The fourth-order valence-electron chi connectivity index (χ4n) is 2.07. The van der Waals surface area contributed by atoms with Gasteiger partial charge in [0.2, 0.25) is 0 Å². The van der Waals surface area contributed by atoms with Crippen LogP contribution in [0.3, 0.4) is 0 Å². The molecule has 0 fully saturated rings. The summed E-state index contributed by atoms with van der Waals surface area (Å²) in [6, 6.07) is 0. The van der Waals surface area contributed by atoms with Gasteiger partial charge in [0.25, 0.3) is 0 Å². The highest BCUT2D eigenvalue weighted by molar-refractivity contribution is 5.69. The number of esters is 1. The Kier molecular flexibility index (Phi) is 11.5. The molecule has 0 aromatic rings. The van der Waals surface area contributed by atoms with Crippen LogP contribution in [-0.4, -0.2) is 12.6 Å². The van der Waals surface area contributed by atoms with Gasteiger partial charge in [0.1, 0.15) is 0 Å². The largest absolute Gasteiger partial charge is 0.466 e. The Balaban J connectivity index is 3.48. The van der Waals surface area contributed by atoms with E-state index in [9.17, 15) is 4.79 Å². The van der Waals surface area contributed by atoms with Crippen molar-refractivity contribution in [2.75, 3.05) is 6.61 Å². The monoisotopic (exact) mass is 282 g/mol. The highest BCUT2D eigenvalue weighted by atomic mass is 16.5. The van der Waals surface area contributed by atoms with Crippen LogP contribution < -0.4 is 0 Å². The van der Waals surface area contributed by atoms with Gasteiger partial charge in [-0.15, -0.1) is 0 Å². The third kappa shape index (κ3) is 13.6. The maximum absolute atomic E-state index is 11.5. The second-order valence-corrected chi connectivity index (χ2v) is 6.61. The molecule has 0 N–H and O–H groups in total. The van der Waals surface area contributed by atoms with Crippen molar-refractivity contribution in [3.05, 3.63) is 11.6 Å². The van der Waals surface area contributed by atoms with Crippen LogP contribution in [0.25, 0.3) is 0 Å². The Labute approximate surface area is 126 Å². The summed E-state index contributed by atoms with van der Waals surface area (Å²) in [5.41, 5.74) is 1.38. The first-order chi connectivity index (χ1) is 9.41. The molecule has 0 rings (SSSR count). The van der Waals surface area contributed by atoms with Gasteiger partial charge in [-0.1, -0.05) is 45.3 Å². The lowest BCUT2D eigenvalue weighted by Crippen LogP contribution is -2.08. The smallest absolute Gasteiger partial charge is 0.305 e. The standard InChI is InChI=1S/C18H34O2/c1-15(2)9-6-7-12-18(19)20-14-13-17(5)11-8-10-16(3)4/h10,15,17H,6-9,11-14H2,1-5H3. The molecule has 0 heterocycles. The average molecular weight is 282 g/mol. The molecule has 0 aliphatic rings. The number of ether oxygens (including phenoxy) is 1. The second-order valence-electron chi connectivity index (χ2n) is 6.61. The zero-order valence-electron chi connectivity index (χ0n) is 14.2. The fraction of sp³-hybridized carbons (Fsp3) is 0.833. The van der Waals surface area contributed by atoms with Crippen LogP contribution in [0.5, 0.6) is 0 Å². The van der Waals surface area contributed by atoms with Gasteiger partial charge in [0, 0.05) is 6.42 Å². The lowest BCUT2D eigenvalue weighted by molar-refractivity contribution is -0.144. The number of rotatable bonds is 11. The van der Waals surface area contributed by atoms with Gasteiger partial charge in [0.05, 0.1) is 6.61 Å². The van der Waals surface area contributed by atoms with Gasteiger partial charge in [-0.25, -0.2) is 0 Å². The van der Waals surface area contributed by atoms with Crippen LogP contribution in [0, 0.1) is 11.8 Å². The predicted octanol–water partition coefficient (Wildman–Crippen LogP) is 5.52. The lowest BCUT2D eigenvalue weighted by Gasteiger charge is -2.11.